The zero-order valence-electron chi connectivity index (χ0n) is 12.6. The van der Waals surface area contributed by atoms with Crippen LogP contribution in [0.25, 0.3) is 0 Å². The van der Waals surface area contributed by atoms with Crippen LogP contribution in [0.3, 0.4) is 0 Å². The second-order valence-electron chi connectivity index (χ2n) is 4.91. The first-order valence-corrected chi connectivity index (χ1v) is 7.34. The van der Waals surface area contributed by atoms with Gasteiger partial charge >= 0.3 is 0 Å². The molecule has 1 heterocycles. The van der Waals surface area contributed by atoms with E-state index in [1.54, 1.807) is 0 Å². The van der Waals surface area contributed by atoms with Crippen molar-refractivity contribution in [2.24, 2.45) is 5.84 Å². The van der Waals surface area contributed by atoms with Crippen molar-refractivity contribution in [1.29, 1.82) is 5.26 Å². The Balaban J connectivity index is 2.32. The Kier molecular flexibility index (Phi) is 5.11. The van der Waals surface area contributed by atoms with Gasteiger partial charge in [-0.15, -0.1) is 0 Å². The number of nitrogens with two attached hydrogens (primary N) is 1. The van der Waals surface area contributed by atoms with Gasteiger partial charge in [-0.05, 0) is 26.7 Å². The summed E-state index contributed by atoms with van der Waals surface area (Å²) in [5.74, 6) is 7.03. The molecule has 1 aromatic rings. The molecule has 0 aromatic carbocycles. The summed E-state index contributed by atoms with van der Waals surface area (Å²) >= 11 is 0. The van der Waals surface area contributed by atoms with Gasteiger partial charge in [0.15, 0.2) is 0 Å². The number of anilines is 3. The lowest BCUT2D eigenvalue weighted by atomic mass is 10.4. The third-order valence-electron chi connectivity index (χ3n) is 3.50. The molecule has 3 N–H and O–H groups in total. The van der Waals surface area contributed by atoms with E-state index in [1.807, 2.05) is 4.90 Å². The van der Waals surface area contributed by atoms with Crippen molar-refractivity contribution in [3.8, 4) is 6.07 Å². The minimum absolute atomic E-state index is 0.351. The highest BCUT2D eigenvalue weighted by atomic mass is 15.4. The zero-order chi connectivity index (χ0) is 15.2. The largest absolute Gasteiger partial charge is 0.341 e. The third-order valence-corrected chi connectivity index (χ3v) is 3.50. The van der Waals surface area contributed by atoms with Gasteiger partial charge in [0.05, 0.1) is 12.5 Å². The average Bonchev–Trinajstić information content (AvgIpc) is 3.33. The molecule has 1 aliphatic carbocycles. The molecule has 0 spiro atoms. The standard InChI is InChI=1S/C13H22N8/c1-3-20(4-2)12-16-11(19-15)17-13(18-12)21(9-5-8-14)10-6-7-10/h10H,3-7,9,15H2,1-2H3,(H,16,17,18,19). The van der Waals surface area contributed by atoms with Crippen LogP contribution in [0, 0.1) is 11.3 Å². The number of hydrogen-bond acceptors (Lipinski definition) is 8. The quantitative estimate of drug-likeness (QED) is 0.537. The summed E-state index contributed by atoms with van der Waals surface area (Å²) in [6.07, 6.45) is 2.68. The first-order chi connectivity index (χ1) is 10.2. The lowest BCUT2D eigenvalue weighted by Gasteiger charge is -2.24. The number of nitrogen functional groups attached to an aromatic ring is 1. The molecule has 8 heteroatoms. The molecule has 1 saturated carbocycles. The molecule has 0 bridgehead atoms. The molecular weight excluding hydrogens is 268 g/mol. The van der Waals surface area contributed by atoms with Crippen LogP contribution in [-0.2, 0) is 0 Å². The van der Waals surface area contributed by atoms with E-state index in [4.69, 9.17) is 11.1 Å². The number of aromatic nitrogens is 3. The smallest absolute Gasteiger partial charge is 0.243 e. The maximum Gasteiger partial charge on any atom is 0.243 e. The van der Waals surface area contributed by atoms with Crippen molar-refractivity contribution in [2.75, 3.05) is 34.9 Å². The van der Waals surface area contributed by atoms with E-state index in [0.29, 0.717) is 36.9 Å². The zero-order valence-corrected chi connectivity index (χ0v) is 12.6. The molecule has 0 radical (unpaired) electrons. The first kappa shape index (κ1) is 15.3. The maximum atomic E-state index is 8.81. The number of hydrogen-bond donors (Lipinski definition) is 2. The second kappa shape index (κ2) is 7.04. The summed E-state index contributed by atoms with van der Waals surface area (Å²) in [6, 6.07) is 2.60. The molecular formula is C13H22N8. The maximum absolute atomic E-state index is 8.81. The molecule has 1 aliphatic rings. The Morgan fingerprint density at radius 3 is 2.43 bits per heavy atom. The number of hydrazine groups is 1. The number of nitrogens with one attached hydrogen (secondary N) is 1. The molecule has 0 amide bonds. The molecule has 0 unspecified atom stereocenters. The normalized spacial score (nSPS) is 13.6. The van der Waals surface area contributed by atoms with E-state index in [2.05, 4.69) is 45.2 Å². The van der Waals surface area contributed by atoms with Crippen molar-refractivity contribution in [3.63, 3.8) is 0 Å². The van der Waals surface area contributed by atoms with Gasteiger partial charge in [-0.3, -0.25) is 5.43 Å². The fraction of sp³-hybridized carbons (Fsp3) is 0.692. The van der Waals surface area contributed by atoms with Gasteiger partial charge in [-0.2, -0.15) is 20.2 Å². The van der Waals surface area contributed by atoms with Crippen LogP contribution in [0.4, 0.5) is 17.8 Å². The van der Waals surface area contributed by atoms with Crippen LogP contribution < -0.4 is 21.1 Å². The lowest BCUT2D eigenvalue weighted by Crippen LogP contribution is -2.31. The van der Waals surface area contributed by atoms with Gasteiger partial charge in [-0.1, -0.05) is 0 Å². The number of rotatable bonds is 8. The highest BCUT2D eigenvalue weighted by molar-refractivity contribution is 5.46. The van der Waals surface area contributed by atoms with E-state index in [-0.39, 0.29) is 0 Å². The lowest BCUT2D eigenvalue weighted by molar-refractivity contribution is 0.742. The molecule has 8 nitrogen and oxygen atoms in total. The van der Waals surface area contributed by atoms with Crippen molar-refractivity contribution >= 4 is 17.8 Å². The van der Waals surface area contributed by atoms with Gasteiger partial charge in [-0.25, -0.2) is 5.84 Å². The van der Waals surface area contributed by atoms with E-state index < -0.39 is 0 Å². The molecule has 1 fully saturated rings. The molecule has 2 rings (SSSR count). The summed E-state index contributed by atoms with van der Waals surface area (Å²) < 4.78 is 0. The van der Waals surface area contributed by atoms with Crippen molar-refractivity contribution in [2.45, 2.75) is 39.2 Å². The fourth-order valence-electron chi connectivity index (χ4n) is 2.20. The van der Waals surface area contributed by atoms with Crippen LogP contribution in [0.15, 0.2) is 0 Å². The predicted octanol–water partition coefficient (Wildman–Crippen LogP) is 0.886. The highest BCUT2D eigenvalue weighted by Gasteiger charge is 2.31. The summed E-state index contributed by atoms with van der Waals surface area (Å²) in [5.41, 5.74) is 2.50. The van der Waals surface area contributed by atoms with Gasteiger partial charge < -0.3 is 9.80 Å². The monoisotopic (exact) mass is 290 g/mol. The van der Waals surface area contributed by atoms with Crippen LogP contribution >= 0.6 is 0 Å². The number of nitrogens with zero attached hydrogens (tertiary/aromatic N) is 6. The van der Waals surface area contributed by atoms with Crippen molar-refractivity contribution < 1.29 is 0 Å². The Morgan fingerprint density at radius 2 is 1.90 bits per heavy atom. The van der Waals surface area contributed by atoms with Crippen molar-refractivity contribution in [1.82, 2.24) is 15.0 Å². The summed E-state index contributed by atoms with van der Waals surface area (Å²) in [6.45, 7) is 6.36. The van der Waals surface area contributed by atoms with E-state index in [9.17, 15) is 0 Å². The SMILES string of the molecule is CCN(CC)c1nc(NN)nc(N(CCC#N)C2CC2)n1. The minimum atomic E-state index is 0.351. The van der Waals surface area contributed by atoms with Crippen LogP contribution in [0.5, 0.6) is 0 Å². The number of nitriles is 1. The molecule has 0 saturated heterocycles. The molecule has 114 valence electrons. The topological polar surface area (TPSA) is 107 Å². The Labute approximate surface area is 125 Å². The first-order valence-electron chi connectivity index (χ1n) is 7.34. The van der Waals surface area contributed by atoms with Crippen LogP contribution in [0.2, 0.25) is 0 Å². The summed E-state index contributed by atoms with van der Waals surface area (Å²) in [5, 5.41) is 8.81. The highest BCUT2D eigenvalue weighted by Crippen LogP contribution is 2.30. The van der Waals surface area contributed by atoms with E-state index >= 15 is 0 Å². The van der Waals surface area contributed by atoms with Gasteiger partial charge in [0.2, 0.25) is 17.8 Å². The second-order valence-corrected chi connectivity index (χ2v) is 4.91. The predicted molar refractivity (Wildman–Crippen MR) is 81.8 cm³/mol. The van der Waals surface area contributed by atoms with Gasteiger partial charge in [0, 0.05) is 25.7 Å². The van der Waals surface area contributed by atoms with Gasteiger partial charge in [0.1, 0.15) is 0 Å². The Morgan fingerprint density at radius 1 is 1.24 bits per heavy atom. The van der Waals surface area contributed by atoms with E-state index in [0.717, 1.165) is 25.9 Å². The molecule has 0 atom stereocenters. The Bertz CT molecular complexity index is 503. The van der Waals surface area contributed by atoms with Crippen LogP contribution in [0.1, 0.15) is 33.1 Å². The fourth-order valence-corrected chi connectivity index (χ4v) is 2.20. The minimum Gasteiger partial charge on any atom is -0.341 e. The summed E-state index contributed by atoms with van der Waals surface area (Å²) in [7, 11) is 0. The molecule has 1 aromatic heterocycles. The Hall–Kier alpha value is -2.14. The average molecular weight is 290 g/mol. The summed E-state index contributed by atoms with van der Waals surface area (Å²) in [4.78, 5) is 17.3. The van der Waals surface area contributed by atoms with Crippen LogP contribution in [-0.4, -0.2) is 40.6 Å². The van der Waals surface area contributed by atoms with E-state index in [1.165, 1.54) is 0 Å². The molecule has 0 aliphatic heterocycles. The third kappa shape index (κ3) is 3.70. The van der Waals surface area contributed by atoms with Gasteiger partial charge in [0.25, 0.3) is 0 Å². The van der Waals surface area contributed by atoms with Crippen molar-refractivity contribution in [3.05, 3.63) is 0 Å². The molecule has 21 heavy (non-hydrogen) atoms.